The molecule has 0 radical (unpaired) electrons. The van der Waals surface area contributed by atoms with Crippen LogP contribution in [-0.2, 0) is 6.42 Å². The summed E-state index contributed by atoms with van der Waals surface area (Å²) in [5, 5.41) is 12.8. The van der Waals surface area contributed by atoms with Gasteiger partial charge in [0.05, 0.1) is 19.2 Å². The van der Waals surface area contributed by atoms with Gasteiger partial charge < -0.3 is 15.2 Å². The van der Waals surface area contributed by atoms with E-state index in [9.17, 15) is 4.79 Å². The van der Waals surface area contributed by atoms with E-state index in [1.54, 1.807) is 13.2 Å². The molecule has 2 heterocycles. The van der Waals surface area contributed by atoms with Crippen molar-refractivity contribution < 1.29 is 14.3 Å². The summed E-state index contributed by atoms with van der Waals surface area (Å²) < 4.78 is 11.9. The average molecular weight is 298 g/mol. The molecule has 0 bridgehead atoms. The fraction of sp³-hybridized carbons (Fsp3) is 0.267. The molecule has 1 unspecified atom stereocenters. The molecule has 0 saturated carbocycles. The molecule has 0 spiro atoms. The minimum Gasteiger partial charge on any atom is -0.497 e. The number of hydrogen-bond donors (Lipinski definition) is 1. The Morgan fingerprint density at radius 2 is 2.41 bits per heavy atom. The summed E-state index contributed by atoms with van der Waals surface area (Å²) in [6.07, 6.45) is 1.81. The third-order valence-corrected chi connectivity index (χ3v) is 3.67. The summed E-state index contributed by atoms with van der Waals surface area (Å²) in [5.74, 6) is 0.816. The number of carbonyl (C=O) groups excluding carboxylic acids is 1. The molecule has 112 valence electrons. The van der Waals surface area contributed by atoms with Gasteiger partial charge in [0.2, 0.25) is 0 Å². The highest BCUT2D eigenvalue weighted by Gasteiger charge is 2.29. The van der Waals surface area contributed by atoms with Gasteiger partial charge in [-0.15, -0.1) is 0 Å². The van der Waals surface area contributed by atoms with Crippen molar-refractivity contribution in [3.05, 3.63) is 35.5 Å². The Kier molecular flexibility index (Phi) is 3.43. The lowest BCUT2D eigenvalue weighted by molar-refractivity contribution is 0.0753. The minimum atomic E-state index is -0.394. The summed E-state index contributed by atoms with van der Waals surface area (Å²) in [6.45, 7) is 0.236. The van der Waals surface area contributed by atoms with Gasteiger partial charge in [-0.2, -0.15) is 15.0 Å². The molecule has 0 fully saturated rings. The van der Waals surface area contributed by atoms with Crippen molar-refractivity contribution in [2.24, 2.45) is 5.92 Å². The first-order chi connectivity index (χ1) is 10.6. The number of benzene rings is 1. The zero-order valence-electron chi connectivity index (χ0n) is 11.9. The second-order valence-electron chi connectivity index (χ2n) is 4.99. The van der Waals surface area contributed by atoms with Crippen molar-refractivity contribution in [3.63, 3.8) is 0 Å². The third kappa shape index (κ3) is 2.24. The van der Waals surface area contributed by atoms with Crippen LogP contribution >= 0.6 is 0 Å². The average Bonchev–Trinajstić information content (AvgIpc) is 2.93. The maximum Gasteiger partial charge on any atom is 0.255 e. The van der Waals surface area contributed by atoms with E-state index >= 15 is 0 Å². The SMILES string of the molecule is COc1ccc2c(c1)OCC(C(=O)n1ncc(C#N)c1N)C2. The predicted molar refractivity (Wildman–Crippen MR) is 77.7 cm³/mol. The highest BCUT2D eigenvalue weighted by molar-refractivity contribution is 5.85. The van der Waals surface area contributed by atoms with Crippen molar-refractivity contribution in [1.29, 1.82) is 5.26 Å². The number of anilines is 1. The molecule has 1 atom stereocenters. The molecule has 1 aromatic heterocycles. The molecular formula is C15H14N4O3. The van der Waals surface area contributed by atoms with Crippen LogP contribution in [0.2, 0.25) is 0 Å². The van der Waals surface area contributed by atoms with Gasteiger partial charge in [0, 0.05) is 6.07 Å². The Labute approximate surface area is 126 Å². The molecule has 2 aromatic rings. The number of methoxy groups -OCH3 is 1. The number of fused-ring (bicyclic) bond motifs is 1. The summed E-state index contributed by atoms with van der Waals surface area (Å²) in [6, 6.07) is 7.39. The molecule has 0 saturated heterocycles. The molecule has 7 heteroatoms. The van der Waals surface area contributed by atoms with E-state index in [0.717, 1.165) is 16.0 Å². The van der Waals surface area contributed by atoms with Crippen LogP contribution in [-0.4, -0.2) is 29.4 Å². The molecule has 1 aliphatic rings. The van der Waals surface area contributed by atoms with Crippen molar-refractivity contribution >= 4 is 11.7 Å². The fourth-order valence-corrected chi connectivity index (χ4v) is 2.43. The van der Waals surface area contributed by atoms with Crippen LogP contribution in [0.4, 0.5) is 5.82 Å². The Morgan fingerprint density at radius 1 is 1.59 bits per heavy atom. The number of nitrogen functional groups attached to an aromatic ring is 1. The highest BCUT2D eigenvalue weighted by atomic mass is 16.5. The zero-order chi connectivity index (χ0) is 15.7. The molecule has 7 nitrogen and oxygen atoms in total. The molecular weight excluding hydrogens is 284 g/mol. The van der Waals surface area contributed by atoms with Gasteiger partial charge >= 0.3 is 0 Å². The smallest absolute Gasteiger partial charge is 0.255 e. The molecule has 22 heavy (non-hydrogen) atoms. The normalized spacial score (nSPS) is 16.3. The van der Waals surface area contributed by atoms with E-state index in [1.807, 2.05) is 18.2 Å². The standard InChI is InChI=1S/C15H14N4O3/c1-21-12-3-2-9-4-10(8-22-13(9)5-12)15(20)19-14(17)11(6-16)7-18-19/h2-3,5,7,10H,4,8,17H2,1H3. The lowest BCUT2D eigenvalue weighted by Gasteiger charge is -2.24. The van der Waals surface area contributed by atoms with Crippen LogP contribution < -0.4 is 15.2 Å². The number of aromatic nitrogens is 2. The number of nitrogens with two attached hydrogens (primary N) is 1. The molecule has 0 amide bonds. The van der Waals surface area contributed by atoms with Gasteiger partial charge in [0.1, 0.15) is 35.6 Å². The number of nitrogens with zero attached hydrogens (tertiary/aromatic N) is 3. The summed E-state index contributed by atoms with van der Waals surface area (Å²) in [4.78, 5) is 12.5. The third-order valence-electron chi connectivity index (χ3n) is 3.67. The zero-order valence-corrected chi connectivity index (χ0v) is 11.9. The van der Waals surface area contributed by atoms with Crippen molar-refractivity contribution in [2.45, 2.75) is 6.42 Å². The first kappa shape index (κ1) is 13.9. The van der Waals surface area contributed by atoms with Crippen molar-refractivity contribution in [3.8, 4) is 17.6 Å². The number of carbonyl (C=O) groups is 1. The van der Waals surface area contributed by atoms with Crippen molar-refractivity contribution in [1.82, 2.24) is 9.78 Å². The van der Waals surface area contributed by atoms with E-state index in [2.05, 4.69) is 5.10 Å². The second-order valence-corrected chi connectivity index (χ2v) is 4.99. The fourth-order valence-electron chi connectivity index (χ4n) is 2.43. The topological polar surface area (TPSA) is 103 Å². The molecule has 3 rings (SSSR count). The van der Waals surface area contributed by atoms with Crippen LogP contribution in [0.1, 0.15) is 15.9 Å². The second kappa shape index (κ2) is 5.41. The number of nitriles is 1. The van der Waals surface area contributed by atoms with Gasteiger partial charge in [-0.3, -0.25) is 4.79 Å². The van der Waals surface area contributed by atoms with Gasteiger partial charge in [0.25, 0.3) is 5.91 Å². The predicted octanol–water partition coefficient (Wildman–Crippen LogP) is 1.24. The summed E-state index contributed by atoms with van der Waals surface area (Å²) in [5.41, 5.74) is 6.87. The summed E-state index contributed by atoms with van der Waals surface area (Å²) in [7, 11) is 1.59. The molecule has 1 aliphatic heterocycles. The van der Waals surface area contributed by atoms with Gasteiger partial charge in [-0.05, 0) is 18.1 Å². The Balaban J connectivity index is 1.83. The number of rotatable bonds is 2. The Bertz CT molecular complexity index is 776. The largest absolute Gasteiger partial charge is 0.497 e. The van der Waals surface area contributed by atoms with Gasteiger partial charge in [-0.1, -0.05) is 6.07 Å². The lowest BCUT2D eigenvalue weighted by Crippen LogP contribution is -2.33. The molecule has 2 N–H and O–H groups in total. The molecule has 1 aromatic carbocycles. The van der Waals surface area contributed by atoms with E-state index in [4.69, 9.17) is 20.5 Å². The van der Waals surface area contributed by atoms with E-state index in [1.165, 1.54) is 6.20 Å². The lowest BCUT2D eigenvalue weighted by atomic mass is 9.96. The van der Waals surface area contributed by atoms with Crippen LogP contribution in [0.25, 0.3) is 0 Å². The molecule has 0 aliphatic carbocycles. The number of ether oxygens (including phenoxy) is 2. The monoisotopic (exact) mass is 298 g/mol. The van der Waals surface area contributed by atoms with Crippen LogP contribution in [0.5, 0.6) is 11.5 Å². The Morgan fingerprint density at radius 3 is 3.09 bits per heavy atom. The Hall–Kier alpha value is -3.01. The van der Waals surface area contributed by atoms with Gasteiger partial charge in [-0.25, -0.2) is 0 Å². The van der Waals surface area contributed by atoms with Crippen LogP contribution in [0.3, 0.4) is 0 Å². The van der Waals surface area contributed by atoms with Crippen LogP contribution in [0, 0.1) is 17.2 Å². The van der Waals surface area contributed by atoms with E-state index < -0.39 is 5.92 Å². The number of hydrogen-bond acceptors (Lipinski definition) is 6. The maximum atomic E-state index is 12.5. The van der Waals surface area contributed by atoms with Crippen LogP contribution in [0.15, 0.2) is 24.4 Å². The summed E-state index contributed by atoms with van der Waals surface area (Å²) >= 11 is 0. The van der Waals surface area contributed by atoms with Gasteiger partial charge in [0.15, 0.2) is 0 Å². The van der Waals surface area contributed by atoms with E-state index in [-0.39, 0.29) is 23.9 Å². The maximum absolute atomic E-state index is 12.5. The quantitative estimate of drug-likeness (QED) is 0.894. The van der Waals surface area contributed by atoms with E-state index in [0.29, 0.717) is 12.2 Å². The van der Waals surface area contributed by atoms with Crippen molar-refractivity contribution in [2.75, 3.05) is 19.5 Å². The minimum absolute atomic E-state index is 0.0630. The highest BCUT2D eigenvalue weighted by Crippen LogP contribution is 2.31. The first-order valence-corrected chi connectivity index (χ1v) is 6.71. The first-order valence-electron chi connectivity index (χ1n) is 6.71.